The van der Waals surface area contributed by atoms with Crippen LogP contribution >= 0.6 is 0 Å². The maximum atomic E-state index is 13.4. The van der Waals surface area contributed by atoms with Crippen LogP contribution in [-0.2, 0) is 0 Å². The van der Waals surface area contributed by atoms with Crippen molar-refractivity contribution in [2.75, 3.05) is 11.9 Å². The summed E-state index contributed by atoms with van der Waals surface area (Å²) in [6, 6.07) is 5.40. The van der Waals surface area contributed by atoms with Gasteiger partial charge in [-0.05, 0) is 36.8 Å². The van der Waals surface area contributed by atoms with Gasteiger partial charge in [0.1, 0.15) is 12.4 Å². The van der Waals surface area contributed by atoms with Crippen LogP contribution in [0.1, 0.15) is 21.5 Å². The van der Waals surface area contributed by atoms with Gasteiger partial charge in [0.05, 0.1) is 5.56 Å². The number of pyridine rings is 1. The molecule has 4 nitrogen and oxygen atoms in total. The number of aromatic nitrogens is 1. The van der Waals surface area contributed by atoms with Gasteiger partial charge in [-0.1, -0.05) is 11.8 Å². The van der Waals surface area contributed by atoms with Crippen LogP contribution in [0.25, 0.3) is 0 Å². The van der Waals surface area contributed by atoms with E-state index in [0.717, 1.165) is 11.6 Å². The molecule has 2 aromatic rings. The van der Waals surface area contributed by atoms with E-state index in [4.69, 9.17) is 5.11 Å². The van der Waals surface area contributed by atoms with Crippen LogP contribution < -0.4 is 5.32 Å². The van der Waals surface area contributed by atoms with Gasteiger partial charge >= 0.3 is 0 Å². The van der Waals surface area contributed by atoms with E-state index in [2.05, 4.69) is 22.1 Å². The number of halogens is 1. The van der Waals surface area contributed by atoms with E-state index in [1.807, 2.05) is 0 Å². The molecule has 0 radical (unpaired) electrons. The van der Waals surface area contributed by atoms with E-state index in [0.29, 0.717) is 11.3 Å². The minimum Gasteiger partial charge on any atom is -0.384 e. The number of nitrogens with one attached hydrogen (secondary N) is 1. The lowest BCUT2D eigenvalue weighted by molar-refractivity contribution is 0.102. The molecule has 5 heteroatoms. The maximum absolute atomic E-state index is 13.4. The first-order valence-electron chi connectivity index (χ1n) is 6.23. The number of hydrogen-bond acceptors (Lipinski definition) is 3. The van der Waals surface area contributed by atoms with Gasteiger partial charge in [0.2, 0.25) is 0 Å². The summed E-state index contributed by atoms with van der Waals surface area (Å²) in [7, 11) is 0. The Labute approximate surface area is 121 Å². The number of carbonyl (C=O) groups excluding carboxylic acids is 1. The largest absolute Gasteiger partial charge is 0.384 e. The molecular formula is C16H13FN2O2. The van der Waals surface area contributed by atoms with Crippen molar-refractivity contribution in [2.24, 2.45) is 0 Å². The summed E-state index contributed by atoms with van der Waals surface area (Å²) in [5.74, 6) is 4.09. The second-order valence-electron chi connectivity index (χ2n) is 4.29. The molecule has 1 aromatic heterocycles. The highest BCUT2D eigenvalue weighted by Crippen LogP contribution is 2.16. The lowest BCUT2D eigenvalue weighted by Crippen LogP contribution is -2.14. The van der Waals surface area contributed by atoms with Crippen molar-refractivity contribution in [3.63, 3.8) is 0 Å². The Morgan fingerprint density at radius 2 is 2.24 bits per heavy atom. The first-order chi connectivity index (χ1) is 10.1. The highest BCUT2D eigenvalue weighted by Gasteiger charge is 2.12. The van der Waals surface area contributed by atoms with E-state index < -0.39 is 11.7 Å². The number of aliphatic hydroxyl groups is 1. The first-order valence-corrected chi connectivity index (χ1v) is 6.23. The summed E-state index contributed by atoms with van der Waals surface area (Å²) in [6.07, 6.45) is 3.17. The predicted octanol–water partition coefficient (Wildman–Crippen LogP) is 2.13. The number of anilines is 1. The highest BCUT2D eigenvalue weighted by atomic mass is 19.1. The molecule has 0 aliphatic rings. The number of benzene rings is 1. The number of aryl methyl sites for hydroxylation is 1. The van der Waals surface area contributed by atoms with Crippen molar-refractivity contribution in [1.29, 1.82) is 0 Å². The van der Waals surface area contributed by atoms with Crippen LogP contribution in [-0.4, -0.2) is 22.6 Å². The number of rotatable bonds is 2. The highest BCUT2D eigenvalue weighted by molar-refractivity contribution is 6.06. The van der Waals surface area contributed by atoms with Gasteiger partial charge in [-0.3, -0.25) is 9.78 Å². The van der Waals surface area contributed by atoms with Crippen molar-refractivity contribution in [3.8, 4) is 11.8 Å². The number of aliphatic hydroxyl groups excluding tert-OH is 1. The molecule has 0 aliphatic heterocycles. The standard InChI is InChI=1S/C16H13FN2O2/c1-11-10-18-7-6-15(11)19-16(21)14-9-13(17)5-4-12(14)3-2-8-20/h4-7,9-10,20H,8H2,1H3,(H,18,19,21). The van der Waals surface area contributed by atoms with Gasteiger partial charge in [-0.2, -0.15) is 0 Å². The maximum Gasteiger partial charge on any atom is 0.257 e. The molecule has 2 N–H and O–H groups in total. The monoisotopic (exact) mass is 284 g/mol. The Morgan fingerprint density at radius 1 is 1.43 bits per heavy atom. The van der Waals surface area contributed by atoms with Crippen molar-refractivity contribution in [2.45, 2.75) is 6.92 Å². The van der Waals surface area contributed by atoms with Crippen molar-refractivity contribution < 1.29 is 14.3 Å². The fraction of sp³-hybridized carbons (Fsp3) is 0.125. The van der Waals surface area contributed by atoms with Crippen molar-refractivity contribution in [1.82, 2.24) is 4.98 Å². The van der Waals surface area contributed by atoms with Gasteiger partial charge in [0.15, 0.2) is 0 Å². The molecular weight excluding hydrogens is 271 g/mol. The van der Waals surface area contributed by atoms with E-state index in [9.17, 15) is 9.18 Å². The minimum absolute atomic E-state index is 0.118. The molecule has 2 rings (SSSR count). The number of amides is 1. The Bertz CT molecular complexity index is 733. The molecule has 0 saturated carbocycles. The predicted molar refractivity (Wildman–Crippen MR) is 77.3 cm³/mol. The van der Waals surface area contributed by atoms with Crippen molar-refractivity contribution >= 4 is 11.6 Å². The molecule has 0 unspecified atom stereocenters. The smallest absolute Gasteiger partial charge is 0.257 e. The number of hydrogen-bond donors (Lipinski definition) is 2. The van der Waals surface area contributed by atoms with E-state index >= 15 is 0 Å². The zero-order chi connectivity index (χ0) is 15.2. The van der Waals surface area contributed by atoms with E-state index in [1.54, 1.807) is 25.4 Å². The molecule has 0 saturated heterocycles. The number of carbonyl (C=O) groups is 1. The van der Waals surface area contributed by atoms with Crippen LogP contribution in [0.2, 0.25) is 0 Å². The SMILES string of the molecule is Cc1cnccc1NC(=O)c1cc(F)ccc1C#CCO. The molecule has 0 spiro atoms. The summed E-state index contributed by atoms with van der Waals surface area (Å²) in [5, 5.41) is 11.4. The quantitative estimate of drug-likeness (QED) is 0.830. The molecule has 0 fully saturated rings. The Balaban J connectivity index is 2.34. The Morgan fingerprint density at radius 3 is 2.95 bits per heavy atom. The summed E-state index contributed by atoms with van der Waals surface area (Å²) < 4.78 is 13.4. The third kappa shape index (κ3) is 3.65. The van der Waals surface area contributed by atoms with Crippen molar-refractivity contribution in [3.05, 3.63) is 59.2 Å². The summed E-state index contributed by atoms with van der Waals surface area (Å²) in [6.45, 7) is 1.47. The lowest BCUT2D eigenvalue weighted by atomic mass is 10.1. The first kappa shape index (κ1) is 14.7. The summed E-state index contributed by atoms with van der Waals surface area (Å²) in [5.41, 5.74) is 1.87. The lowest BCUT2D eigenvalue weighted by Gasteiger charge is -2.09. The average molecular weight is 284 g/mol. The summed E-state index contributed by atoms with van der Waals surface area (Å²) >= 11 is 0. The minimum atomic E-state index is -0.527. The molecule has 21 heavy (non-hydrogen) atoms. The van der Waals surface area contributed by atoms with Gasteiger partial charge in [0.25, 0.3) is 5.91 Å². The molecule has 0 atom stereocenters. The fourth-order valence-corrected chi connectivity index (χ4v) is 1.75. The van der Waals surface area contributed by atoms with Gasteiger partial charge in [-0.15, -0.1) is 0 Å². The zero-order valence-corrected chi connectivity index (χ0v) is 11.4. The Hall–Kier alpha value is -2.71. The van der Waals surface area contributed by atoms with Crippen LogP contribution in [0.15, 0.2) is 36.7 Å². The van der Waals surface area contributed by atoms with Gasteiger partial charge in [-0.25, -0.2) is 4.39 Å². The van der Waals surface area contributed by atoms with Gasteiger partial charge in [0, 0.05) is 23.6 Å². The summed E-state index contributed by atoms with van der Waals surface area (Å²) in [4.78, 5) is 16.2. The third-order valence-electron chi connectivity index (χ3n) is 2.80. The Kier molecular flexibility index (Phi) is 4.64. The third-order valence-corrected chi connectivity index (χ3v) is 2.80. The van der Waals surface area contributed by atoms with E-state index in [-0.39, 0.29) is 12.2 Å². The topological polar surface area (TPSA) is 62.2 Å². The molecule has 1 amide bonds. The van der Waals surface area contributed by atoms with Crippen LogP contribution in [0.4, 0.5) is 10.1 Å². The van der Waals surface area contributed by atoms with E-state index in [1.165, 1.54) is 12.1 Å². The van der Waals surface area contributed by atoms with Crippen LogP contribution in [0.3, 0.4) is 0 Å². The molecule has 0 bridgehead atoms. The average Bonchev–Trinajstić information content (AvgIpc) is 2.48. The zero-order valence-electron chi connectivity index (χ0n) is 11.4. The fourth-order valence-electron chi connectivity index (χ4n) is 1.75. The van der Waals surface area contributed by atoms with Crippen LogP contribution in [0, 0.1) is 24.6 Å². The number of nitrogens with zero attached hydrogens (tertiary/aromatic N) is 1. The molecule has 106 valence electrons. The second-order valence-corrected chi connectivity index (χ2v) is 4.29. The normalized spacial score (nSPS) is 9.67. The second kappa shape index (κ2) is 6.64. The molecule has 0 aliphatic carbocycles. The molecule has 1 heterocycles. The van der Waals surface area contributed by atoms with Gasteiger partial charge < -0.3 is 10.4 Å². The van der Waals surface area contributed by atoms with Crippen LogP contribution in [0.5, 0.6) is 0 Å². The molecule has 1 aromatic carbocycles.